The van der Waals surface area contributed by atoms with Crippen molar-refractivity contribution in [2.45, 2.75) is 9.79 Å². The van der Waals surface area contributed by atoms with E-state index in [9.17, 15) is 21.9 Å². The number of benzene rings is 2. The van der Waals surface area contributed by atoms with E-state index in [0.29, 0.717) is 11.4 Å². The van der Waals surface area contributed by atoms with Crippen molar-refractivity contribution in [3.8, 4) is 0 Å². The standard InChI is InChI=1S/C16H22N4O5S2/c17-13-1-5-15(6-2-13)26(22,23)19-9-10-20(11-12-21)27(24,25)16-7-3-14(18)4-8-16/h1-8,19,21H,9-12,17-18H2. The summed E-state index contributed by atoms with van der Waals surface area (Å²) in [6, 6.07) is 11.2. The van der Waals surface area contributed by atoms with Gasteiger partial charge in [0.25, 0.3) is 0 Å². The summed E-state index contributed by atoms with van der Waals surface area (Å²) in [5.74, 6) is 0. The van der Waals surface area contributed by atoms with Crippen molar-refractivity contribution in [3.05, 3.63) is 48.5 Å². The molecule has 2 aromatic rings. The summed E-state index contributed by atoms with van der Waals surface area (Å²) in [6.07, 6.45) is 0. The molecule has 0 aliphatic carbocycles. The largest absolute Gasteiger partial charge is 0.399 e. The molecule has 27 heavy (non-hydrogen) atoms. The molecule has 2 aromatic carbocycles. The van der Waals surface area contributed by atoms with E-state index in [-0.39, 0.29) is 29.4 Å². The van der Waals surface area contributed by atoms with Crippen molar-refractivity contribution in [3.63, 3.8) is 0 Å². The Morgan fingerprint density at radius 3 is 1.78 bits per heavy atom. The third-order valence-electron chi connectivity index (χ3n) is 3.71. The lowest BCUT2D eigenvalue weighted by Gasteiger charge is -2.21. The van der Waals surface area contributed by atoms with Crippen LogP contribution in [0.3, 0.4) is 0 Å². The molecule has 0 aromatic heterocycles. The van der Waals surface area contributed by atoms with Gasteiger partial charge in [-0.2, -0.15) is 4.31 Å². The quantitative estimate of drug-likeness (QED) is 0.414. The minimum atomic E-state index is -3.90. The summed E-state index contributed by atoms with van der Waals surface area (Å²) >= 11 is 0. The maximum absolute atomic E-state index is 12.7. The smallest absolute Gasteiger partial charge is 0.243 e. The zero-order chi connectivity index (χ0) is 20.1. The first-order valence-electron chi connectivity index (χ1n) is 7.98. The van der Waals surface area contributed by atoms with Crippen LogP contribution in [0.1, 0.15) is 0 Å². The van der Waals surface area contributed by atoms with Gasteiger partial charge >= 0.3 is 0 Å². The van der Waals surface area contributed by atoms with Gasteiger partial charge in [-0.15, -0.1) is 0 Å². The van der Waals surface area contributed by atoms with Crippen LogP contribution >= 0.6 is 0 Å². The predicted octanol–water partition coefficient (Wildman–Crippen LogP) is -0.187. The van der Waals surface area contributed by atoms with Crippen molar-refractivity contribution in [2.24, 2.45) is 0 Å². The van der Waals surface area contributed by atoms with Gasteiger partial charge in [-0.3, -0.25) is 0 Å². The molecule has 0 spiro atoms. The monoisotopic (exact) mass is 414 g/mol. The first-order chi connectivity index (χ1) is 12.7. The van der Waals surface area contributed by atoms with Gasteiger partial charge in [0.1, 0.15) is 0 Å². The third kappa shape index (κ3) is 5.40. The Kier molecular flexibility index (Phi) is 6.78. The number of anilines is 2. The number of aliphatic hydroxyl groups is 1. The molecule has 0 saturated heterocycles. The number of rotatable bonds is 9. The molecule has 0 saturated carbocycles. The number of nitrogen functional groups attached to an aromatic ring is 2. The molecule has 0 atom stereocenters. The van der Waals surface area contributed by atoms with Crippen LogP contribution in [0.4, 0.5) is 11.4 Å². The van der Waals surface area contributed by atoms with Crippen molar-refractivity contribution < 1.29 is 21.9 Å². The first kappa shape index (κ1) is 21.1. The first-order valence-corrected chi connectivity index (χ1v) is 10.9. The molecule has 0 amide bonds. The summed E-state index contributed by atoms with van der Waals surface area (Å²) in [5.41, 5.74) is 11.9. The van der Waals surface area contributed by atoms with Gasteiger partial charge in [0.2, 0.25) is 20.0 Å². The fourth-order valence-corrected chi connectivity index (χ4v) is 4.74. The van der Waals surface area contributed by atoms with E-state index >= 15 is 0 Å². The van der Waals surface area contributed by atoms with Gasteiger partial charge in [-0.05, 0) is 48.5 Å². The SMILES string of the molecule is Nc1ccc(S(=O)(=O)NCCN(CCO)S(=O)(=O)c2ccc(N)cc2)cc1. The third-order valence-corrected chi connectivity index (χ3v) is 7.10. The van der Waals surface area contributed by atoms with Crippen molar-refractivity contribution in [1.82, 2.24) is 9.03 Å². The Balaban J connectivity index is 2.10. The van der Waals surface area contributed by atoms with Gasteiger partial charge < -0.3 is 16.6 Å². The highest BCUT2D eigenvalue weighted by Gasteiger charge is 2.24. The number of sulfonamides is 2. The molecule has 9 nitrogen and oxygen atoms in total. The Hall–Kier alpha value is -2.18. The van der Waals surface area contributed by atoms with Crippen molar-refractivity contribution in [2.75, 3.05) is 37.7 Å². The summed E-state index contributed by atoms with van der Waals surface area (Å²) < 4.78 is 53.2. The van der Waals surface area contributed by atoms with Crippen LogP contribution in [0.25, 0.3) is 0 Å². The molecule has 0 aliphatic rings. The molecule has 148 valence electrons. The Bertz CT molecular complexity index is 959. The van der Waals surface area contributed by atoms with E-state index in [2.05, 4.69) is 4.72 Å². The Labute approximate surface area is 158 Å². The Morgan fingerprint density at radius 2 is 1.30 bits per heavy atom. The lowest BCUT2D eigenvalue weighted by atomic mass is 10.3. The van der Waals surface area contributed by atoms with Crippen LogP contribution in [0.2, 0.25) is 0 Å². The van der Waals surface area contributed by atoms with Crippen LogP contribution in [0.15, 0.2) is 58.3 Å². The molecule has 2 rings (SSSR count). The fourth-order valence-electron chi connectivity index (χ4n) is 2.29. The van der Waals surface area contributed by atoms with Gasteiger partial charge in [0, 0.05) is 31.0 Å². The summed E-state index contributed by atoms with van der Waals surface area (Å²) in [6.45, 7) is -0.891. The van der Waals surface area contributed by atoms with Crippen molar-refractivity contribution >= 4 is 31.4 Å². The van der Waals surface area contributed by atoms with Gasteiger partial charge in [-0.1, -0.05) is 0 Å². The van der Waals surface area contributed by atoms with Crippen LogP contribution in [0, 0.1) is 0 Å². The molecule has 0 bridgehead atoms. The highest BCUT2D eigenvalue weighted by atomic mass is 32.2. The average Bonchev–Trinajstić information content (AvgIpc) is 2.61. The minimum Gasteiger partial charge on any atom is -0.399 e. The number of nitrogens with zero attached hydrogens (tertiary/aromatic N) is 1. The van der Waals surface area contributed by atoms with E-state index < -0.39 is 26.7 Å². The molecular formula is C16H22N4O5S2. The number of hydrogen-bond acceptors (Lipinski definition) is 7. The van der Waals surface area contributed by atoms with Crippen LogP contribution in [0.5, 0.6) is 0 Å². The fraction of sp³-hybridized carbons (Fsp3) is 0.250. The zero-order valence-corrected chi connectivity index (χ0v) is 16.1. The van der Waals surface area contributed by atoms with Crippen molar-refractivity contribution in [1.29, 1.82) is 0 Å². The van der Waals surface area contributed by atoms with E-state index in [1.807, 2.05) is 0 Å². The van der Waals surface area contributed by atoms with E-state index in [1.165, 1.54) is 48.5 Å². The lowest BCUT2D eigenvalue weighted by Crippen LogP contribution is -2.40. The lowest BCUT2D eigenvalue weighted by molar-refractivity contribution is 0.254. The van der Waals surface area contributed by atoms with Crippen LogP contribution in [-0.2, 0) is 20.0 Å². The number of hydrogen-bond donors (Lipinski definition) is 4. The van der Waals surface area contributed by atoms with Gasteiger partial charge in [-0.25, -0.2) is 21.6 Å². The van der Waals surface area contributed by atoms with Crippen LogP contribution < -0.4 is 16.2 Å². The summed E-state index contributed by atoms with van der Waals surface area (Å²) in [5, 5.41) is 9.18. The molecule has 0 fully saturated rings. The van der Waals surface area contributed by atoms with Gasteiger partial charge in [0.05, 0.1) is 16.4 Å². The average molecular weight is 415 g/mol. The molecule has 0 radical (unpaired) electrons. The number of nitrogens with one attached hydrogen (secondary N) is 1. The highest BCUT2D eigenvalue weighted by molar-refractivity contribution is 7.89. The Morgan fingerprint density at radius 1 is 0.815 bits per heavy atom. The maximum Gasteiger partial charge on any atom is 0.243 e. The molecular weight excluding hydrogens is 392 g/mol. The topological polar surface area (TPSA) is 156 Å². The van der Waals surface area contributed by atoms with Gasteiger partial charge in [0.15, 0.2) is 0 Å². The predicted molar refractivity (Wildman–Crippen MR) is 103 cm³/mol. The zero-order valence-electron chi connectivity index (χ0n) is 14.4. The minimum absolute atomic E-state index is 0.00606. The van der Waals surface area contributed by atoms with E-state index in [0.717, 1.165) is 4.31 Å². The second-order valence-corrected chi connectivity index (χ2v) is 9.37. The number of aliphatic hydroxyl groups excluding tert-OH is 1. The van der Waals surface area contributed by atoms with E-state index in [1.54, 1.807) is 0 Å². The molecule has 0 aliphatic heterocycles. The molecule has 0 unspecified atom stereocenters. The maximum atomic E-state index is 12.7. The summed E-state index contributed by atoms with van der Waals surface area (Å²) in [7, 11) is -7.71. The summed E-state index contributed by atoms with van der Waals surface area (Å²) in [4.78, 5) is 0.0262. The normalized spacial score (nSPS) is 12.4. The second-order valence-electron chi connectivity index (χ2n) is 5.66. The van der Waals surface area contributed by atoms with Crippen LogP contribution in [-0.4, -0.2) is 52.5 Å². The second kappa shape index (κ2) is 8.67. The molecule has 6 N–H and O–H groups in total. The van der Waals surface area contributed by atoms with E-state index in [4.69, 9.17) is 11.5 Å². The number of nitrogens with two attached hydrogens (primary N) is 2. The molecule has 0 heterocycles. The highest BCUT2D eigenvalue weighted by Crippen LogP contribution is 2.17. The molecule has 11 heteroatoms.